The second kappa shape index (κ2) is 12.1. The van der Waals surface area contributed by atoms with Crippen molar-refractivity contribution in [3.8, 4) is 11.5 Å². The van der Waals surface area contributed by atoms with E-state index in [1.807, 2.05) is 18.2 Å². The predicted octanol–water partition coefficient (Wildman–Crippen LogP) is 5.91. The van der Waals surface area contributed by atoms with Gasteiger partial charge in [-0.25, -0.2) is 0 Å². The Bertz CT molecular complexity index is 972. The van der Waals surface area contributed by atoms with Crippen molar-refractivity contribution in [2.24, 2.45) is 11.8 Å². The van der Waals surface area contributed by atoms with E-state index in [1.54, 1.807) is 25.3 Å². The lowest BCUT2D eigenvalue weighted by atomic mass is 9.81. The third-order valence-corrected chi connectivity index (χ3v) is 7.75. The van der Waals surface area contributed by atoms with Crippen LogP contribution >= 0.6 is 23.2 Å². The quantitative estimate of drug-likeness (QED) is 0.445. The highest BCUT2D eigenvalue weighted by molar-refractivity contribution is 6.35. The van der Waals surface area contributed by atoms with E-state index < -0.39 is 0 Å². The minimum absolute atomic E-state index is 0.0383. The standard InChI is InChI=1S/C27H34Cl2N2O3/c1-33-24-9-7-21(16-25(24)34-15-12-18-6-8-22(28)17-23(18)29)27(32)31-26(19-4-2-3-5-19)20-10-13-30-14-11-20/h6-9,16-17,19-20,26,30H,2-5,10-15H2,1H3,(H,31,32). The van der Waals surface area contributed by atoms with Crippen LogP contribution in [0, 0.1) is 11.8 Å². The van der Waals surface area contributed by atoms with Gasteiger partial charge in [-0.2, -0.15) is 0 Å². The van der Waals surface area contributed by atoms with Crippen LogP contribution in [0.1, 0.15) is 54.4 Å². The molecule has 2 aliphatic rings. The second-order valence-corrected chi connectivity index (χ2v) is 10.2. The van der Waals surface area contributed by atoms with Gasteiger partial charge in [0.05, 0.1) is 13.7 Å². The van der Waals surface area contributed by atoms with Crippen LogP contribution in [0.15, 0.2) is 36.4 Å². The van der Waals surface area contributed by atoms with E-state index in [2.05, 4.69) is 10.6 Å². The van der Waals surface area contributed by atoms with Gasteiger partial charge in [-0.15, -0.1) is 0 Å². The van der Waals surface area contributed by atoms with Crippen molar-refractivity contribution in [1.82, 2.24) is 10.6 Å². The molecule has 2 N–H and O–H groups in total. The van der Waals surface area contributed by atoms with Crippen molar-refractivity contribution in [2.75, 3.05) is 26.8 Å². The minimum Gasteiger partial charge on any atom is -0.493 e. The van der Waals surface area contributed by atoms with Gasteiger partial charge >= 0.3 is 0 Å². The van der Waals surface area contributed by atoms with Crippen molar-refractivity contribution >= 4 is 29.1 Å². The van der Waals surface area contributed by atoms with Crippen LogP contribution in [-0.2, 0) is 6.42 Å². The van der Waals surface area contributed by atoms with E-state index in [4.69, 9.17) is 32.7 Å². The average Bonchev–Trinajstić information content (AvgIpc) is 3.39. The van der Waals surface area contributed by atoms with Crippen LogP contribution in [0.5, 0.6) is 11.5 Å². The minimum atomic E-state index is -0.0383. The summed E-state index contributed by atoms with van der Waals surface area (Å²) in [5, 5.41) is 8.08. The van der Waals surface area contributed by atoms with Gasteiger partial charge in [-0.1, -0.05) is 42.1 Å². The largest absolute Gasteiger partial charge is 0.493 e. The SMILES string of the molecule is COc1ccc(C(=O)NC(C2CCCC2)C2CCNCC2)cc1OCCc1ccc(Cl)cc1Cl. The van der Waals surface area contributed by atoms with Crippen molar-refractivity contribution < 1.29 is 14.3 Å². The zero-order valence-electron chi connectivity index (χ0n) is 19.7. The number of rotatable bonds is 9. The molecule has 0 radical (unpaired) electrons. The summed E-state index contributed by atoms with van der Waals surface area (Å²) in [5.74, 6) is 2.23. The monoisotopic (exact) mass is 504 g/mol. The average molecular weight is 505 g/mol. The maximum atomic E-state index is 13.3. The molecule has 0 bridgehead atoms. The van der Waals surface area contributed by atoms with Gasteiger partial charge < -0.3 is 20.1 Å². The predicted molar refractivity (Wildman–Crippen MR) is 137 cm³/mol. The topological polar surface area (TPSA) is 59.6 Å². The molecule has 1 atom stereocenters. The molecule has 34 heavy (non-hydrogen) atoms. The first-order valence-corrected chi connectivity index (χ1v) is 13.1. The van der Waals surface area contributed by atoms with Gasteiger partial charge in [0.1, 0.15) is 0 Å². The molecular formula is C27H34Cl2N2O3. The molecule has 1 saturated carbocycles. The van der Waals surface area contributed by atoms with Crippen molar-refractivity contribution in [2.45, 2.75) is 51.0 Å². The Kier molecular flexibility index (Phi) is 8.98. The molecule has 0 spiro atoms. The molecule has 1 aliphatic carbocycles. The van der Waals surface area contributed by atoms with Crippen LogP contribution in [0.3, 0.4) is 0 Å². The molecule has 0 aromatic heterocycles. The van der Waals surface area contributed by atoms with Crippen LogP contribution in [0.4, 0.5) is 0 Å². The van der Waals surface area contributed by atoms with E-state index in [9.17, 15) is 4.79 Å². The Morgan fingerprint density at radius 1 is 1.03 bits per heavy atom. The fourth-order valence-corrected chi connectivity index (χ4v) is 5.80. The molecular weight excluding hydrogens is 471 g/mol. The number of piperidine rings is 1. The third kappa shape index (κ3) is 6.38. The number of hydrogen-bond donors (Lipinski definition) is 2. The number of carbonyl (C=O) groups is 1. The zero-order valence-corrected chi connectivity index (χ0v) is 21.3. The summed E-state index contributed by atoms with van der Waals surface area (Å²) in [6.45, 7) is 2.46. The molecule has 2 aromatic rings. The Hall–Kier alpha value is -1.95. The van der Waals surface area contributed by atoms with Gasteiger partial charge in [0, 0.05) is 28.1 Å². The van der Waals surface area contributed by atoms with Crippen LogP contribution in [-0.4, -0.2) is 38.8 Å². The number of carbonyl (C=O) groups excluding carboxylic acids is 1. The molecule has 1 saturated heterocycles. The second-order valence-electron chi connectivity index (χ2n) is 9.33. The summed E-state index contributed by atoms with van der Waals surface area (Å²) in [7, 11) is 1.60. The number of methoxy groups -OCH3 is 1. The van der Waals surface area contributed by atoms with Crippen LogP contribution < -0.4 is 20.1 Å². The molecule has 2 aromatic carbocycles. The molecule has 1 unspecified atom stereocenters. The smallest absolute Gasteiger partial charge is 0.251 e. The van der Waals surface area contributed by atoms with Gasteiger partial charge in [0.2, 0.25) is 0 Å². The molecule has 7 heteroatoms. The fourth-order valence-electron chi connectivity index (χ4n) is 5.30. The number of hydrogen-bond acceptors (Lipinski definition) is 4. The lowest BCUT2D eigenvalue weighted by Crippen LogP contribution is -2.48. The van der Waals surface area contributed by atoms with E-state index >= 15 is 0 Å². The molecule has 5 nitrogen and oxygen atoms in total. The van der Waals surface area contributed by atoms with E-state index in [1.165, 1.54) is 25.7 Å². The summed E-state index contributed by atoms with van der Waals surface area (Å²) < 4.78 is 11.5. The molecule has 4 rings (SSSR count). The van der Waals surface area contributed by atoms with Crippen molar-refractivity contribution in [1.29, 1.82) is 0 Å². The zero-order chi connectivity index (χ0) is 23.9. The van der Waals surface area contributed by atoms with Gasteiger partial charge in [-0.3, -0.25) is 4.79 Å². The lowest BCUT2D eigenvalue weighted by Gasteiger charge is -2.35. The number of halogens is 2. The summed E-state index contributed by atoms with van der Waals surface area (Å²) in [6.07, 6.45) is 7.80. The highest BCUT2D eigenvalue weighted by Crippen LogP contribution is 2.34. The Labute approximate surface area is 212 Å². The van der Waals surface area contributed by atoms with Crippen LogP contribution in [0.25, 0.3) is 0 Å². The number of benzene rings is 2. The summed E-state index contributed by atoms with van der Waals surface area (Å²) in [6, 6.07) is 11.1. The van der Waals surface area contributed by atoms with Crippen LogP contribution in [0.2, 0.25) is 10.0 Å². The summed E-state index contributed by atoms with van der Waals surface area (Å²) in [4.78, 5) is 13.3. The fraction of sp³-hybridized carbons (Fsp3) is 0.519. The number of ether oxygens (including phenoxy) is 2. The van der Waals surface area contributed by atoms with Gasteiger partial charge in [0.15, 0.2) is 11.5 Å². The molecule has 1 heterocycles. The normalized spacial score (nSPS) is 18.0. The maximum absolute atomic E-state index is 13.3. The highest BCUT2D eigenvalue weighted by atomic mass is 35.5. The number of nitrogens with one attached hydrogen (secondary N) is 2. The Morgan fingerprint density at radius 3 is 2.47 bits per heavy atom. The number of amides is 1. The Morgan fingerprint density at radius 2 is 1.76 bits per heavy atom. The first kappa shape index (κ1) is 25.2. The van der Waals surface area contributed by atoms with E-state index in [0.29, 0.717) is 52.0 Å². The first-order valence-electron chi connectivity index (χ1n) is 12.3. The Balaban J connectivity index is 1.44. The molecule has 2 fully saturated rings. The molecule has 1 amide bonds. The lowest BCUT2D eigenvalue weighted by molar-refractivity contribution is 0.0884. The van der Waals surface area contributed by atoms with Gasteiger partial charge in [0.25, 0.3) is 5.91 Å². The van der Waals surface area contributed by atoms with Crippen molar-refractivity contribution in [3.63, 3.8) is 0 Å². The van der Waals surface area contributed by atoms with E-state index in [-0.39, 0.29) is 11.9 Å². The van der Waals surface area contributed by atoms with E-state index in [0.717, 1.165) is 31.5 Å². The van der Waals surface area contributed by atoms with Crippen molar-refractivity contribution in [3.05, 3.63) is 57.6 Å². The first-order chi connectivity index (χ1) is 16.5. The summed E-state index contributed by atoms with van der Waals surface area (Å²) in [5.41, 5.74) is 1.55. The summed E-state index contributed by atoms with van der Waals surface area (Å²) >= 11 is 12.3. The molecule has 184 valence electrons. The highest BCUT2D eigenvalue weighted by Gasteiger charge is 2.33. The van der Waals surface area contributed by atoms with Gasteiger partial charge in [-0.05, 0) is 86.5 Å². The maximum Gasteiger partial charge on any atom is 0.251 e. The molecule has 1 aliphatic heterocycles. The third-order valence-electron chi connectivity index (χ3n) is 7.17.